The van der Waals surface area contributed by atoms with Crippen LogP contribution in [0.4, 0.5) is 5.69 Å². The van der Waals surface area contributed by atoms with E-state index in [1.165, 1.54) is 16.7 Å². The zero-order chi connectivity index (χ0) is 15.9. The van der Waals surface area contributed by atoms with Gasteiger partial charge in [0.15, 0.2) is 5.75 Å². The molecule has 0 amide bonds. The van der Waals surface area contributed by atoms with Gasteiger partial charge in [0, 0.05) is 12.3 Å². The molecule has 0 saturated heterocycles. The van der Waals surface area contributed by atoms with Gasteiger partial charge in [-0.15, -0.1) is 0 Å². The molecular formula is C13H10Cl2N2O4S. The number of pyridine rings is 1. The van der Waals surface area contributed by atoms with Crippen LogP contribution in [0.15, 0.2) is 35.5 Å². The van der Waals surface area contributed by atoms with Gasteiger partial charge in [-0.25, -0.2) is 8.42 Å². The van der Waals surface area contributed by atoms with Crippen LogP contribution in [0.1, 0.15) is 0 Å². The Kier molecular flexibility index (Phi) is 3.80. The molecule has 22 heavy (non-hydrogen) atoms. The van der Waals surface area contributed by atoms with E-state index >= 15 is 0 Å². The van der Waals surface area contributed by atoms with E-state index in [4.69, 9.17) is 27.9 Å². The average Bonchev–Trinajstić information content (AvgIpc) is 2.51. The van der Waals surface area contributed by atoms with Crippen molar-refractivity contribution in [1.29, 1.82) is 0 Å². The van der Waals surface area contributed by atoms with E-state index in [2.05, 4.69) is 4.98 Å². The fourth-order valence-electron chi connectivity index (χ4n) is 2.11. The number of phenolic OH excluding ortho intramolecular Hbond substituents is 1. The van der Waals surface area contributed by atoms with E-state index in [0.29, 0.717) is 11.4 Å². The number of aromatic nitrogens is 1. The molecule has 0 unspecified atom stereocenters. The number of halogens is 2. The number of hydrogen-bond acceptors (Lipinski definition) is 5. The summed E-state index contributed by atoms with van der Waals surface area (Å²) in [6, 6.07) is 3.90. The molecule has 1 aliphatic rings. The van der Waals surface area contributed by atoms with Gasteiger partial charge >= 0.3 is 0 Å². The first-order chi connectivity index (χ1) is 10.4. The summed E-state index contributed by atoms with van der Waals surface area (Å²) in [5.74, 6) is 0.0760. The zero-order valence-electron chi connectivity index (χ0n) is 11.0. The largest absolute Gasteiger partial charge is 0.505 e. The normalized spacial score (nSPS) is 14.4. The van der Waals surface area contributed by atoms with Crippen LogP contribution < -0.4 is 9.04 Å². The van der Waals surface area contributed by atoms with Crippen molar-refractivity contribution in [2.24, 2.45) is 0 Å². The molecule has 3 rings (SSSR count). The molecule has 0 bridgehead atoms. The second-order valence-electron chi connectivity index (χ2n) is 4.50. The van der Waals surface area contributed by atoms with E-state index < -0.39 is 10.0 Å². The summed E-state index contributed by atoms with van der Waals surface area (Å²) in [6.45, 7) is 0.354. The lowest BCUT2D eigenvalue weighted by Gasteiger charge is -2.30. The number of fused-ring (bicyclic) bond motifs is 1. The Labute approximate surface area is 136 Å². The standard InChI is InChI=1S/C13H10Cl2N2O4S/c14-9-5-8(6-10(15)13(9)18)22(19,20)17-3-4-21-12-1-2-16-7-11(12)17/h1-2,5-7,18H,3-4H2. The quantitative estimate of drug-likeness (QED) is 0.890. The average molecular weight is 361 g/mol. The van der Waals surface area contributed by atoms with Gasteiger partial charge in [-0.1, -0.05) is 23.2 Å². The van der Waals surface area contributed by atoms with Gasteiger partial charge in [0.1, 0.15) is 18.0 Å². The number of benzene rings is 1. The third kappa shape index (κ3) is 2.45. The summed E-state index contributed by atoms with van der Waals surface area (Å²) in [6.07, 6.45) is 2.93. The van der Waals surface area contributed by atoms with E-state index in [1.807, 2.05) is 0 Å². The lowest BCUT2D eigenvalue weighted by molar-refractivity contribution is 0.315. The highest BCUT2D eigenvalue weighted by molar-refractivity contribution is 7.92. The fourth-order valence-corrected chi connectivity index (χ4v) is 4.23. The van der Waals surface area contributed by atoms with Gasteiger partial charge in [0.05, 0.1) is 27.7 Å². The second-order valence-corrected chi connectivity index (χ2v) is 7.18. The maximum Gasteiger partial charge on any atom is 0.264 e. The molecule has 1 aliphatic heterocycles. The van der Waals surface area contributed by atoms with Crippen LogP contribution in [0.5, 0.6) is 11.5 Å². The van der Waals surface area contributed by atoms with Gasteiger partial charge in [-0.3, -0.25) is 9.29 Å². The maximum atomic E-state index is 12.8. The Morgan fingerprint density at radius 1 is 1.27 bits per heavy atom. The molecular weight excluding hydrogens is 351 g/mol. The summed E-state index contributed by atoms with van der Waals surface area (Å²) >= 11 is 11.6. The first-order valence-electron chi connectivity index (χ1n) is 6.19. The lowest BCUT2D eigenvalue weighted by atomic mass is 10.3. The number of sulfonamides is 1. The molecule has 9 heteroatoms. The molecule has 0 aliphatic carbocycles. The topological polar surface area (TPSA) is 79.7 Å². The first kappa shape index (κ1) is 15.2. The minimum absolute atomic E-state index is 0.114. The number of phenols is 1. The van der Waals surface area contributed by atoms with Gasteiger partial charge in [0.25, 0.3) is 10.0 Å². The molecule has 116 valence electrons. The summed E-state index contributed by atoms with van der Waals surface area (Å²) < 4.78 is 32.2. The summed E-state index contributed by atoms with van der Waals surface area (Å²) in [5.41, 5.74) is 0.342. The second kappa shape index (κ2) is 5.49. The molecule has 2 aromatic rings. The number of aromatic hydroxyl groups is 1. The zero-order valence-corrected chi connectivity index (χ0v) is 13.4. The Hall–Kier alpha value is -1.70. The number of hydrogen-bond donors (Lipinski definition) is 1. The Balaban J connectivity index is 2.12. The number of rotatable bonds is 2. The van der Waals surface area contributed by atoms with Crippen LogP contribution in [0.2, 0.25) is 10.0 Å². The van der Waals surface area contributed by atoms with Crippen molar-refractivity contribution >= 4 is 38.9 Å². The minimum Gasteiger partial charge on any atom is -0.505 e. The summed E-state index contributed by atoms with van der Waals surface area (Å²) in [7, 11) is -3.90. The van der Waals surface area contributed by atoms with Crippen molar-refractivity contribution in [2.75, 3.05) is 17.5 Å². The van der Waals surface area contributed by atoms with Crippen molar-refractivity contribution in [2.45, 2.75) is 4.90 Å². The van der Waals surface area contributed by atoms with Crippen LogP contribution in [-0.2, 0) is 10.0 Å². The van der Waals surface area contributed by atoms with Crippen molar-refractivity contribution in [1.82, 2.24) is 4.98 Å². The summed E-state index contributed by atoms with van der Waals surface area (Å²) in [4.78, 5) is 3.81. The van der Waals surface area contributed by atoms with Gasteiger partial charge in [-0.05, 0) is 12.1 Å². The highest BCUT2D eigenvalue weighted by atomic mass is 35.5. The van der Waals surface area contributed by atoms with E-state index in [1.54, 1.807) is 6.07 Å². The maximum absolute atomic E-state index is 12.8. The molecule has 0 atom stereocenters. The SMILES string of the molecule is O=S(=O)(c1cc(Cl)c(O)c(Cl)c1)N1CCOc2ccncc21. The third-order valence-electron chi connectivity index (χ3n) is 3.16. The molecule has 0 radical (unpaired) electrons. The van der Waals surface area contributed by atoms with Crippen LogP contribution in [-0.4, -0.2) is 31.7 Å². The van der Waals surface area contributed by atoms with Crippen molar-refractivity contribution in [3.05, 3.63) is 40.6 Å². The van der Waals surface area contributed by atoms with Gasteiger partial charge in [-0.2, -0.15) is 0 Å². The van der Waals surface area contributed by atoms with Crippen LogP contribution in [0.25, 0.3) is 0 Å². The van der Waals surface area contributed by atoms with Crippen LogP contribution >= 0.6 is 23.2 Å². The monoisotopic (exact) mass is 360 g/mol. The molecule has 0 spiro atoms. The molecule has 1 aromatic heterocycles. The molecule has 0 saturated carbocycles. The van der Waals surface area contributed by atoms with Crippen molar-refractivity contribution in [3.63, 3.8) is 0 Å². The molecule has 0 fully saturated rings. The minimum atomic E-state index is -3.90. The van der Waals surface area contributed by atoms with E-state index in [0.717, 1.165) is 12.1 Å². The third-order valence-corrected chi connectivity index (χ3v) is 5.53. The predicted molar refractivity (Wildman–Crippen MR) is 82.4 cm³/mol. The molecule has 1 N–H and O–H groups in total. The molecule has 2 heterocycles. The first-order valence-corrected chi connectivity index (χ1v) is 8.38. The van der Waals surface area contributed by atoms with Crippen LogP contribution in [0, 0.1) is 0 Å². The Morgan fingerprint density at radius 3 is 2.64 bits per heavy atom. The highest BCUT2D eigenvalue weighted by Crippen LogP contribution is 2.38. The van der Waals surface area contributed by atoms with E-state index in [9.17, 15) is 13.5 Å². The fraction of sp³-hybridized carbons (Fsp3) is 0.154. The van der Waals surface area contributed by atoms with E-state index in [-0.39, 0.29) is 33.8 Å². The van der Waals surface area contributed by atoms with Crippen molar-refractivity contribution in [3.8, 4) is 11.5 Å². The highest BCUT2D eigenvalue weighted by Gasteiger charge is 2.31. The van der Waals surface area contributed by atoms with Crippen LogP contribution in [0.3, 0.4) is 0 Å². The number of nitrogens with zero attached hydrogens (tertiary/aromatic N) is 2. The summed E-state index contributed by atoms with van der Waals surface area (Å²) in [5, 5.41) is 9.30. The lowest BCUT2D eigenvalue weighted by Crippen LogP contribution is -2.38. The van der Waals surface area contributed by atoms with Gasteiger partial charge < -0.3 is 9.84 Å². The Morgan fingerprint density at radius 2 is 1.95 bits per heavy atom. The number of ether oxygens (including phenoxy) is 1. The van der Waals surface area contributed by atoms with Crippen molar-refractivity contribution < 1.29 is 18.3 Å². The molecule has 6 nitrogen and oxygen atoms in total. The molecule has 1 aromatic carbocycles. The smallest absolute Gasteiger partial charge is 0.264 e. The Bertz CT molecular complexity index is 819. The number of anilines is 1. The van der Waals surface area contributed by atoms with Gasteiger partial charge in [0.2, 0.25) is 0 Å². The predicted octanol–water partition coefficient (Wildman–Crippen LogP) is 2.68.